The van der Waals surface area contributed by atoms with E-state index in [0.717, 1.165) is 21.0 Å². The number of halogens is 2. The molecular weight excluding hydrogens is 495 g/mol. The zero-order chi connectivity index (χ0) is 25.3. The summed E-state index contributed by atoms with van der Waals surface area (Å²) in [5.74, 6) is -0.199. The zero-order valence-corrected chi connectivity index (χ0v) is 21.4. The number of nitrogens with zero attached hydrogens (tertiary/aromatic N) is 2. The van der Waals surface area contributed by atoms with Crippen LogP contribution in [-0.2, 0) is 12.2 Å². The van der Waals surface area contributed by atoms with Crippen molar-refractivity contribution in [3.8, 4) is 32.4 Å². The lowest BCUT2D eigenvalue weighted by Crippen LogP contribution is -2.16. The minimum Gasteiger partial charge on any atom is -0.485 e. The van der Waals surface area contributed by atoms with E-state index in [9.17, 15) is 9.50 Å². The Bertz CT molecular complexity index is 1510. The number of para-hydroxylation sites is 2. The van der Waals surface area contributed by atoms with Crippen molar-refractivity contribution in [2.45, 2.75) is 26.1 Å². The number of hydrogen-bond donors (Lipinski definition) is 1. The van der Waals surface area contributed by atoms with Crippen LogP contribution in [0.1, 0.15) is 25.1 Å². The van der Waals surface area contributed by atoms with Gasteiger partial charge in [-0.3, -0.25) is 0 Å². The van der Waals surface area contributed by atoms with E-state index in [1.54, 1.807) is 30.7 Å². The Morgan fingerprint density at radius 2 is 1.67 bits per heavy atom. The number of aliphatic hydroxyl groups is 1. The largest absolute Gasteiger partial charge is 0.485 e. The first kappa shape index (κ1) is 24.3. The van der Waals surface area contributed by atoms with E-state index in [-0.39, 0.29) is 12.4 Å². The molecule has 182 valence electrons. The van der Waals surface area contributed by atoms with E-state index in [2.05, 4.69) is 5.10 Å². The molecule has 5 rings (SSSR count). The molecule has 0 aliphatic heterocycles. The maximum atomic E-state index is 14.9. The van der Waals surface area contributed by atoms with Crippen LogP contribution in [0.15, 0.2) is 91.0 Å². The third kappa shape index (κ3) is 4.93. The molecule has 1 N–H and O–H groups in total. The Labute approximate surface area is 218 Å². The maximum Gasteiger partial charge on any atom is 0.165 e. The van der Waals surface area contributed by atoms with E-state index in [0.29, 0.717) is 22.0 Å². The quantitative estimate of drug-likeness (QED) is 0.238. The minimum absolute atomic E-state index is 0.214. The molecule has 0 aliphatic carbocycles. The molecule has 3 aromatic carbocycles. The Hall–Kier alpha value is -3.45. The lowest BCUT2D eigenvalue weighted by molar-refractivity contribution is 0.0734. The highest BCUT2D eigenvalue weighted by Gasteiger charge is 2.25. The second-order valence-corrected chi connectivity index (χ2v) is 10.4. The number of ether oxygens (including phenoxy) is 1. The van der Waals surface area contributed by atoms with Gasteiger partial charge in [-0.15, -0.1) is 11.3 Å². The van der Waals surface area contributed by atoms with Gasteiger partial charge in [-0.1, -0.05) is 60.1 Å². The molecule has 0 aliphatic rings. The van der Waals surface area contributed by atoms with Crippen LogP contribution in [0.4, 0.5) is 4.39 Å². The molecule has 2 heterocycles. The Morgan fingerprint density at radius 3 is 2.42 bits per heavy atom. The van der Waals surface area contributed by atoms with Crippen molar-refractivity contribution < 1.29 is 14.2 Å². The molecule has 0 saturated heterocycles. The summed E-state index contributed by atoms with van der Waals surface area (Å²) in [4.78, 5) is 1.75. The summed E-state index contributed by atoms with van der Waals surface area (Å²) < 4.78 is 22.5. The van der Waals surface area contributed by atoms with Crippen molar-refractivity contribution in [3.63, 3.8) is 0 Å². The highest BCUT2D eigenvalue weighted by Crippen LogP contribution is 2.41. The van der Waals surface area contributed by atoms with Crippen molar-refractivity contribution in [3.05, 3.63) is 113 Å². The first-order chi connectivity index (χ1) is 17.3. The van der Waals surface area contributed by atoms with Crippen LogP contribution in [0.3, 0.4) is 0 Å². The number of benzene rings is 3. The fourth-order valence-electron chi connectivity index (χ4n) is 3.86. The fraction of sp³-hybridized carbons (Fsp3) is 0.138. The highest BCUT2D eigenvalue weighted by molar-refractivity contribution is 7.18. The van der Waals surface area contributed by atoms with E-state index in [1.165, 1.54) is 17.4 Å². The Morgan fingerprint density at radius 1 is 0.944 bits per heavy atom. The van der Waals surface area contributed by atoms with Crippen LogP contribution < -0.4 is 4.74 Å². The third-order valence-electron chi connectivity index (χ3n) is 5.73. The molecule has 0 saturated carbocycles. The summed E-state index contributed by atoms with van der Waals surface area (Å²) in [5.41, 5.74) is 2.50. The molecule has 0 unspecified atom stereocenters. The van der Waals surface area contributed by atoms with Gasteiger partial charge in [-0.25, -0.2) is 9.07 Å². The van der Waals surface area contributed by atoms with E-state index in [1.807, 2.05) is 72.8 Å². The van der Waals surface area contributed by atoms with Gasteiger partial charge in [0, 0.05) is 10.4 Å². The van der Waals surface area contributed by atoms with E-state index < -0.39 is 11.4 Å². The van der Waals surface area contributed by atoms with Crippen molar-refractivity contribution in [1.82, 2.24) is 9.78 Å². The molecule has 0 atom stereocenters. The fourth-order valence-corrected chi connectivity index (χ4v) is 5.11. The average molecular weight is 519 g/mol. The van der Waals surface area contributed by atoms with Crippen molar-refractivity contribution in [2.24, 2.45) is 0 Å². The lowest BCUT2D eigenvalue weighted by atomic mass is 10.1. The molecule has 5 aromatic rings. The van der Waals surface area contributed by atoms with Gasteiger partial charge in [-0.2, -0.15) is 5.10 Å². The average Bonchev–Trinajstić information content (AvgIpc) is 3.52. The summed E-state index contributed by atoms with van der Waals surface area (Å²) in [6.45, 7) is 3.65. The van der Waals surface area contributed by atoms with Crippen LogP contribution in [0.5, 0.6) is 5.75 Å². The summed E-state index contributed by atoms with van der Waals surface area (Å²) >= 11 is 7.98. The molecule has 0 spiro atoms. The van der Waals surface area contributed by atoms with Gasteiger partial charge in [0.05, 0.1) is 27.0 Å². The smallest absolute Gasteiger partial charge is 0.165 e. The molecule has 2 aromatic heterocycles. The van der Waals surface area contributed by atoms with Gasteiger partial charge in [0.25, 0.3) is 0 Å². The van der Waals surface area contributed by atoms with Crippen molar-refractivity contribution >= 4 is 22.9 Å². The maximum absolute atomic E-state index is 14.9. The molecule has 0 amide bonds. The zero-order valence-electron chi connectivity index (χ0n) is 19.8. The van der Waals surface area contributed by atoms with Crippen LogP contribution >= 0.6 is 22.9 Å². The predicted molar refractivity (Wildman–Crippen MR) is 143 cm³/mol. The first-order valence-corrected chi connectivity index (χ1v) is 12.6. The monoisotopic (exact) mass is 518 g/mol. The summed E-state index contributed by atoms with van der Waals surface area (Å²) in [7, 11) is 0. The molecule has 0 radical (unpaired) electrons. The predicted octanol–water partition coefficient (Wildman–Crippen LogP) is 7.87. The molecule has 7 heteroatoms. The third-order valence-corrected chi connectivity index (χ3v) is 7.19. The lowest BCUT2D eigenvalue weighted by Gasteiger charge is -2.13. The highest BCUT2D eigenvalue weighted by atomic mass is 35.5. The van der Waals surface area contributed by atoms with Gasteiger partial charge in [-0.05, 0) is 61.9 Å². The van der Waals surface area contributed by atoms with Gasteiger partial charge in [0.1, 0.15) is 12.2 Å². The van der Waals surface area contributed by atoms with Crippen molar-refractivity contribution in [2.75, 3.05) is 0 Å². The Kier molecular flexibility index (Phi) is 6.67. The second-order valence-electron chi connectivity index (χ2n) is 8.89. The number of aromatic nitrogens is 2. The van der Waals surface area contributed by atoms with E-state index >= 15 is 0 Å². The number of hydrogen-bond acceptors (Lipinski definition) is 4. The summed E-state index contributed by atoms with van der Waals surface area (Å²) in [6, 6.07) is 27.8. The molecule has 0 bridgehead atoms. The topological polar surface area (TPSA) is 47.3 Å². The van der Waals surface area contributed by atoms with Gasteiger partial charge in [0.2, 0.25) is 0 Å². The van der Waals surface area contributed by atoms with Gasteiger partial charge >= 0.3 is 0 Å². The Balaban J connectivity index is 1.55. The minimum atomic E-state index is -1.14. The number of thiophene rings is 1. The second kappa shape index (κ2) is 9.90. The normalized spacial score (nSPS) is 11.6. The van der Waals surface area contributed by atoms with Crippen LogP contribution in [0.2, 0.25) is 5.02 Å². The van der Waals surface area contributed by atoms with Gasteiger partial charge < -0.3 is 9.84 Å². The van der Waals surface area contributed by atoms with Crippen LogP contribution in [0.25, 0.3) is 26.7 Å². The number of rotatable bonds is 7. The SMILES string of the molecule is CC(C)(O)c1cc(-c2ccc(-c3cccc(F)c3OCc3ccccc3)s2)n(-c2ccccc2Cl)n1. The molecule has 36 heavy (non-hydrogen) atoms. The molecular formula is C29H24ClFN2O2S. The van der Waals surface area contributed by atoms with E-state index in [4.69, 9.17) is 16.3 Å². The van der Waals surface area contributed by atoms with Crippen molar-refractivity contribution in [1.29, 1.82) is 0 Å². The molecule has 0 fully saturated rings. The summed E-state index contributed by atoms with van der Waals surface area (Å²) in [5, 5.41) is 15.8. The van der Waals surface area contributed by atoms with Crippen LogP contribution in [-0.4, -0.2) is 14.9 Å². The standard InChI is InChI=1S/C29H24ClFN2O2S/c1-29(2,34)27-17-24(33(32-27)23-14-7-6-12-21(23)30)26-16-15-25(36-26)20-11-8-13-22(31)28(20)35-18-19-9-4-3-5-10-19/h3-17,34H,18H2,1-2H3. The van der Waals surface area contributed by atoms with Crippen LogP contribution in [0, 0.1) is 5.82 Å². The first-order valence-electron chi connectivity index (χ1n) is 11.4. The molecule has 4 nitrogen and oxygen atoms in total. The van der Waals surface area contributed by atoms with Gasteiger partial charge in [0.15, 0.2) is 11.6 Å². The summed E-state index contributed by atoms with van der Waals surface area (Å²) in [6.07, 6.45) is 0.